The van der Waals surface area contributed by atoms with Crippen LogP contribution in [-0.2, 0) is 27.0 Å². The van der Waals surface area contributed by atoms with Gasteiger partial charge in [0.2, 0.25) is 11.8 Å². The van der Waals surface area contributed by atoms with E-state index in [1.54, 1.807) is 0 Å². The van der Waals surface area contributed by atoms with E-state index < -0.39 is 23.6 Å². The number of anilines is 1. The van der Waals surface area contributed by atoms with E-state index in [-0.39, 0.29) is 49.1 Å². The summed E-state index contributed by atoms with van der Waals surface area (Å²) in [5.74, 6) is -1.28. The third-order valence-corrected chi connectivity index (χ3v) is 3.97. The van der Waals surface area contributed by atoms with Crippen LogP contribution in [0.1, 0.15) is 17.5 Å². The van der Waals surface area contributed by atoms with Gasteiger partial charge in [-0.1, -0.05) is 0 Å². The van der Waals surface area contributed by atoms with Gasteiger partial charge in [-0.15, -0.1) is 12.4 Å². The maximum absolute atomic E-state index is 12.9. The van der Waals surface area contributed by atoms with Crippen molar-refractivity contribution in [2.75, 3.05) is 32.1 Å². The summed E-state index contributed by atoms with van der Waals surface area (Å²) in [5.41, 5.74) is 4.82. The van der Waals surface area contributed by atoms with Crippen LogP contribution in [0.3, 0.4) is 0 Å². The predicted molar refractivity (Wildman–Crippen MR) is 91.8 cm³/mol. The highest BCUT2D eigenvalue weighted by molar-refractivity contribution is 5.97. The van der Waals surface area contributed by atoms with Gasteiger partial charge in [-0.05, 0) is 23.8 Å². The number of hydrogen-bond acceptors (Lipinski definition) is 4. The van der Waals surface area contributed by atoms with E-state index in [1.807, 2.05) is 0 Å². The number of likely N-dealkylation sites (tertiary alicyclic amines) is 1. The molecule has 2 amide bonds. The van der Waals surface area contributed by atoms with Crippen molar-refractivity contribution in [3.63, 3.8) is 0 Å². The number of nitrogens with two attached hydrogens (primary N) is 1. The molecule has 10 heteroatoms. The Labute approximate surface area is 155 Å². The van der Waals surface area contributed by atoms with Gasteiger partial charge in [0.1, 0.15) is 0 Å². The molecule has 1 aliphatic rings. The first-order valence-electron chi connectivity index (χ1n) is 7.73. The number of alkyl halides is 3. The monoisotopic (exact) mass is 395 g/mol. The zero-order valence-corrected chi connectivity index (χ0v) is 15.0. The van der Waals surface area contributed by atoms with Gasteiger partial charge in [0.15, 0.2) is 0 Å². The van der Waals surface area contributed by atoms with Crippen LogP contribution in [0.15, 0.2) is 18.2 Å². The number of methoxy groups -OCH3 is 1. The Hall–Kier alpha value is -1.84. The SMILES string of the molecule is COCCN1CC(C(=O)Nc2cc(CN)cc(C(F)(F)F)c2)CC1=O.Cl. The Morgan fingerprint density at radius 2 is 2.08 bits per heavy atom. The van der Waals surface area contributed by atoms with Crippen molar-refractivity contribution in [3.05, 3.63) is 29.3 Å². The van der Waals surface area contributed by atoms with Crippen LogP contribution in [0, 0.1) is 5.92 Å². The van der Waals surface area contributed by atoms with Crippen molar-refractivity contribution in [1.82, 2.24) is 4.90 Å². The molecule has 1 unspecified atom stereocenters. The first-order valence-corrected chi connectivity index (χ1v) is 7.73. The molecular formula is C16H21ClF3N3O3. The largest absolute Gasteiger partial charge is 0.416 e. The molecule has 1 aromatic carbocycles. The molecule has 0 bridgehead atoms. The molecule has 0 aliphatic carbocycles. The number of rotatable bonds is 6. The Kier molecular flexibility index (Phi) is 7.86. The average Bonchev–Trinajstić information content (AvgIpc) is 2.92. The first kappa shape index (κ1) is 22.2. The number of carbonyl (C=O) groups excluding carboxylic acids is 2. The third kappa shape index (κ3) is 5.58. The molecule has 0 spiro atoms. The fourth-order valence-electron chi connectivity index (χ4n) is 2.66. The van der Waals surface area contributed by atoms with Gasteiger partial charge in [0.25, 0.3) is 0 Å². The lowest BCUT2D eigenvalue weighted by Gasteiger charge is -2.16. The molecule has 1 heterocycles. The molecule has 3 N–H and O–H groups in total. The smallest absolute Gasteiger partial charge is 0.383 e. The second-order valence-electron chi connectivity index (χ2n) is 5.84. The minimum absolute atomic E-state index is 0. The summed E-state index contributed by atoms with van der Waals surface area (Å²) in [4.78, 5) is 25.7. The van der Waals surface area contributed by atoms with E-state index in [9.17, 15) is 22.8 Å². The average molecular weight is 396 g/mol. The lowest BCUT2D eigenvalue weighted by molar-refractivity contribution is -0.137. The van der Waals surface area contributed by atoms with E-state index in [2.05, 4.69) is 5.32 Å². The van der Waals surface area contributed by atoms with E-state index in [1.165, 1.54) is 18.1 Å². The van der Waals surface area contributed by atoms with Crippen molar-refractivity contribution in [2.45, 2.75) is 19.1 Å². The number of carbonyl (C=O) groups is 2. The quantitative estimate of drug-likeness (QED) is 0.771. The van der Waals surface area contributed by atoms with Gasteiger partial charge in [0.05, 0.1) is 18.1 Å². The normalized spacial score (nSPS) is 17.2. The van der Waals surface area contributed by atoms with Crippen molar-refractivity contribution < 1.29 is 27.5 Å². The lowest BCUT2D eigenvalue weighted by atomic mass is 10.1. The van der Waals surface area contributed by atoms with Crippen LogP contribution < -0.4 is 11.1 Å². The van der Waals surface area contributed by atoms with Gasteiger partial charge >= 0.3 is 6.18 Å². The summed E-state index contributed by atoms with van der Waals surface area (Å²) in [6, 6.07) is 3.20. The topological polar surface area (TPSA) is 84.7 Å². The fourth-order valence-corrected chi connectivity index (χ4v) is 2.66. The van der Waals surface area contributed by atoms with Crippen molar-refractivity contribution in [2.24, 2.45) is 11.7 Å². The van der Waals surface area contributed by atoms with Gasteiger partial charge in [-0.25, -0.2) is 0 Å². The molecule has 1 aliphatic heterocycles. The second-order valence-corrected chi connectivity index (χ2v) is 5.84. The molecule has 0 saturated carbocycles. The van der Waals surface area contributed by atoms with E-state index in [4.69, 9.17) is 10.5 Å². The number of hydrogen-bond donors (Lipinski definition) is 2. The van der Waals surface area contributed by atoms with Gasteiger partial charge in [0, 0.05) is 38.9 Å². The number of amides is 2. The predicted octanol–water partition coefficient (Wildman–Crippen LogP) is 2.02. The zero-order chi connectivity index (χ0) is 18.6. The molecule has 2 rings (SSSR count). The van der Waals surface area contributed by atoms with E-state index in [0.29, 0.717) is 13.2 Å². The number of nitrogens with zero attached hydrogens (tertiary/aromatic N) is 1. The minimum Gasteiger partial charge on any atom is -0.383 e. The number of benzene rings is 1. The fraction of sp³-hybridized carbons (Fsp3) is 0.500. The number of nitrogens with one attached hydrogen (secondary N) is 1. The van der Waals surface area contributed by atoms with Crippen LogP contribution >= 0.6 is 12.4 Å². The van der Waals surface area contributed by atoms with Crippen molar-refractivity contribution >= 4 is 29.9 Å². The van der Waals surface area contributed by atoms with Gasteiger partial charge < -0.3 is 20.7 Å². The maximum atomic E-state index is 12.9. The molecule has 1 aromatic rings. The lowest BCUT2D eigenvalue weighted by Crippen LogP contribution is -2.30. The molecule has 0 radical (unpaired) electrons. The summed E-state index contributed by atoms with van der Waals surface area (Å²) < 4.78 is 43.7. The van der Waals surface area contributed by atoms with Crippen molar-refractivity contribution in [3.8, 4) is 0 Å². The highest BCUT2D eigenvalue weighted by Gasteiger charge is 2.35. The van der Waals surface area contributed by atoms with E-state index >= 15 is 0 Å². The summed E-state index contributed by atoms with van der Waals surface area (Å²) in [7, 11) is 1.51. The number of ether oxygens (including phenoxy) is 1. The Bertz CT molecular complexity index is 655. The Morgan fingerprint density at radius 1 is 1.38 bits per heavy atom. The Morgan fingerprint density at radius 3 is 2.65 bits per heavy atom. The molecular weight excluding hydrogens is 375 g/mol. The molecule has 6 nitrogen and oxygen atoms in total. The van der Waals surface area contributed by atoms with Crippen LogP contribution in [-0.4, -0.2) is 43.5 Å². The number of halogens is 4. The molecule has 1 atom stereocenters. The molecule has 26 heavy (non-hydrogen) atoms. The van der Waals surface area contributed by atoms with E-state index in [0.717, 1.165) is 12.1 Å². The maximum Gasteiger partial charge on any atom is 0.416 e. The summed E-state index contributed by atoms with van der Waals surface area (Å²) in [6.07, 6.45) is -4.51. The first-order chi connectivity index (χ1) is 11.7. The summed E-state index contributed by atoms with van der Waals surface area (Å²) in [5, 5.41) is 2.46. The summed E-state index contributed by atoms with van der Waals surface area (Å²) in [6.45, 7) is 0.865. The van der Waals surface area contributed by atoms with Crippen LogP contribution in [0.4, 0.5) is 18.9 Å². The molecule has 146 valence electrons. The van der Waals surface area contributed by atoms with Gasteiger partial charge in [-0.3, -0.25) is 9.59 Å². The minimum atomic E-state index is -4.54. The Balaban J connectivity index is 0.00000338. The van der Waals surface area contributed by atoms with Crippen LogP contribution in [0.5, 0.6) is 0 Å². The molecule has 1 saturated heterocycles. The standard InChI is InChI=1S/C16H20F3N3O3.ClH/c1-25-3-2-22-9-11(6-14(22)23)15(24)21-13-5-10(8-20)4-12(7-13)16(17,18)19;/h4-5,7,11H,2-3,6,8-9,20H2,1H3,(H,21,24);1H. The highest BCUT2D eigenvalue weighted by atomic mass is 35.5. The van der Waals surface area contributed by atoms with Crippen molar-refractivity contribution in [1.29, 1.82) is 0 Å². The van der Waals surface area contributed by atoms with Gasteiger partial charge in [-0.2, -0.15) is 13.2 Å². The van der Waals surface area contributed by atoms with Crippen LogP contribution in [0.2, 0.25) is 0 Å². The molecule has 0 aromatic heterocycles. The summed E-state index contributed by atoms with van der Waals surface area (Å²) >= 11 is 0. The zero-order valence-electron chi connectivity index (χ0n) is 14.1. The third-order valence-electron chi connectivity index (χ3n) is 3.97. The highest BCUT2D eigenvalue weighted by Crippen LogP contribution is 2.32. The second kappa shape index (κ2) is 9.20. The molecule has 1 fully saturated rings. The van der Waals surface area contributed by atoms with Crippen LogP contribution in [0.25, 0.3) is 0 Å².